The molecule has 0 bridgehead atoms. The molecule has 0 aliphatic heterocycles. The standard InChI is InChI=1S/C22H26N8O2S/c1-31-18-11-8-12-19(15-18)32-16-20-24-26-22(30(20)23)33-14-7-3-6-13-29-27-21(25-28-29)17-9-4-2-5-10-17/h2,4-5,8-12,15H,3,6-7,13-14,16,23H2,1H3. The number of unbranched alkanes of at least 4 members (excludes halogenated alkanes) is 2. The molecule has 172 valence electrons. The number of nitrogens with two attached hydrogens (primary N) is 1. The van der Waals surface area contributed by atoms with Crippen LogP contribution in [-0.4, -0.2) is 47.9 Å². The number of ether oxygens (including phenoxy) is 2. The number of nitrogens with zero attached hydrogens (tertiary/aromatic N) is 7. The molecule has 2 aromatic heterocycles. The minimum Gasteiger partial charge on any atom is -0.497 e. The molecule has 0 saturated heterocycles. The van der Waals surface area contributed by atoms with Gasteiger partial charge in [-0.3, -0.25) is 0 Å². The molecule has 0 aliphatic rings. The number of benzene rings is 2. The minimum absolute atomic E-state index is 0.229. The second-order valence-corrected chi connectivity index (χ2v) is 8.28. The average Bonchev–Trinajstić information content (AvgIpc) is 3.47. The third-order valence-corrected chi connectivity index (χ3v) is 5.89. The molecule has 33 heavy (non-hydrogen) atoms. The van der Waals surface area contributed by atoms with E-state index in [1.165, 1.54) is 4.68 Å². The van der Waals surface area contributed by atoms with Crippen molar-refractivity contribution in [3.63, 3.8) is 0 Å². The molecule has 0 radical (unpaired) electrons. The summed E-state index contributed by atoms with van der Waals surface area (Å²) in [6.07, 6.45) is 3.03. The topological polar surface area (TPSA) is 119 Å². The fraction of sp³-hybridized carbons (Fsp3) is 0.318. The smallest absolute Gasteiger partial charge is 0.209 e. The number of hydrogen-bond acceptors (Lipinski definition) is 9. The van der Waals surface area contributed by atoms with Crippen LogP contribution < -0.4 is 15.3 Å². The van der Waals surface area contributed by atoms with Gasteiger partial charge in [-0.15, -0.1) is 20.4 Å². The van der Waals surface area contributed by atoms with Crippen LogP contribution in [0.1, 0.15) is 25.1 Å². The maximum atomic E-state index is 6.13. The van der Waals surface area contributed by atoms with Crippen LogP contribution in [0.5, 0.6) is 11.5 Å². The maximum Gasteiger partial charge on any atom is 0.209 e. The zero-order valence-electron chi connectivity index (χ0n) is 18.4. The Bertz CT molecular complexity index is 1150. The number of aromatic nitrogens is 7. The molecule has 0 aliphatic carbocycles. The lowest BCUT2D eigenvalue weighted by Crippen LogP contribution is -2.15. The highest BCUT2D eigenvalue weighted by molar-refractivity contribution is 7.99. The summed E-state index contributed by atoms with van der Waals surface area (Å²) in [5.41, 5.74) is 0.972. The molecular formula is C22H26N8O2S. The first kappa shape index (κ1) is 22.6. The molecule has 2 N–H and O–H groups in total. The zero-order valence-corrected chi connectivity index (χ0v) is 19.2. The SMILES string of the molecule is COc1cccc(OCc2nnc(SCCCCCn3nnc(-c4ccccc4)n3)n2N)c1. The van der Waals surface area contributed by atoms with E-state index in [9.17, 15) is 0 Å². The van der Waals surface area contributed by atoms with Gasteiger partial charge in [-0.1, -0.05) is 54.6 Å². The first-order valence-electron chi connectivity index (χ1n) is 10.6. The number of tetrazole rings is 1. The summed E-state index contributed by atoms with van der Waals surface area (Å²) in [4.78, 5) is 1.65. The molecule has 0 fully saturated rings. The summed E-state index contributed by atoms with van der Waals surface area (Å²) in [5.74, 6) is 9.65. The van der Waals surface area contributed by atoms with E-state index in [1.807, 2.05) is 54.6 Å². The van der Waals surface area contributed by atoms with Gasteiger partial charge < -0.3 is 15.3 Å². The van der Waals surface area contributed by atoms with Crippen molar-refractivity contribution >= 4 is 11.8 Å². The molecule has 2 aromatic carbocycles. The maximum absolute atomic E-state index is 6.13. The first-order valence-corrected chi connectivity index (χ1v) is 11.6. The molecule has 0 amide bonds. The molecule has 0 atom stereocenters. The van der Waals surface area contributed by atoms with Gasteiger partial charge in [-0.25, -0.2) is 4.68 Å². The number of nitrogen functional groups attached to an aromatic ring is 1. The van der Waals surface area contributed by atoms with Crippen molar-refractivity contribution in [2.45, 2.75) is 37.6 Å². The summed E-state index contributed by atoms with van der Waals surface area (Å²) >= 11 is 1.58. The quantitative estimate of drug-likeness (QED) is 0.191. The Morgan fingerprint density at radius 3 is 2.64 bits per heavy atom. The van der Waals surface area contributed by atoms with E-state index >= 15 is 0 Å². The van der Waals surface area contributed by atoms with Gasteiger partial charge in [0.05, 0.1) is 13.7 Å². The van der Waals surface area contributed by atoms with Gasteiger partial charge in [-0.05, 0) is 30.2 Å². The Labute approximate surface area is 196 Å². The largest absolute Gasteiger partial charge is 0.497 e. The summed E-state index contributed by atoms with van der Waals surface area (Å²) in [5, 5.41) is 21.7. The van der Waals surface area contributed by atoms with E-state index in [0.717, 1.165) is 42.9 Å². The Morgan fingerprint density at radius 1 is 0.939 bits per heavy atom. The van der Waals surface area contributed by atoms with E-state index in [1.54, 1.807) is 23.7 Å². The summed E-state index contributed by atoms with van der Waals surface area (Å²) < 4.78 is 12.4. The molecular weight excluding hydrogens is 440 g/mol. The Morgan fingerprint density at radius 2 is 1.79 bits per heavy atom. The summed E-state index contributed by atoms with van der Waals surface area (Å²) in [6.45, 7) is 0.969. The van der Waals surface area contributed by atoms with E-state index in [0.29, 0.717) is 22.6 Å². The van der Waals surface area contributed by atoms with Gasteiger partial charge in [0.15, 0.2) is 5.82 Å². The van der Waals surface area contributed by atoms with Crippen LogP contribution in [-0.2, 0) is 13.2 Å². The lowest BCUT2D eigenvalue weighted by atomic mass is 10.2. The van der Waals surface area contributed by atoms with Crippen LogP contribution in [0.3, 0.4) is 0 Å². The number of methoxy groups -OCH3 is 1. The van der Waals surface area contributed by atoms with Gasteiger partial charge in [0, 0.05) is 17.4 Å². The number of aryl methyl sites for hydroxylation is 1. The molecule has 0 spiro atoms. The van der Waals surface area contributed by atoms with Gasteiger partial charge >= 0.3 is 0 Å². The van der Waals surface area contributed by atoms with E-state index in [4.69, 9.17) is 15.3 Å². The monoisotopic (exact) mass is 466 g/mol. The molecule has 4 rings (SSSR count). The van der Waals surface area contributed by atoms with Crippen molar-refractivity contribution in [1.29, 1.82) is 0 Å². The van der Waals surface area contributed by atoms with Crippen molar-refractivity contribution in [3.8, 4) is 22.9 Å². The predicted molar refractivity (Wildman–Crippen MR) is 125 cm³/mol. The van der Waals surface area contributed by atoms with Crippen LogP contribution in [0.4, 0.5) is 0 Å². The van der Waals surface area contributed by atoms with Crippen molar-refractivity contribution in [2.75, 3.05) is 18.7 Å². The van der Waals surface area contributed by atoms with Crippen molar-refractivity contribution in [3.05, 3.63) is 60.4 Å². The molecule has 2 heterocycles. The van der Waals surface area contributed by atoms with Crippen molar-refractivity contribution in [2.24, 2.45) is 0 Å². The first-order chi connectivity index (χ1) is 16.2. The fourth-order valence-electron chi connectivity index (χ4n) is 3.08. The average molecular weight is 467 g/mol. The fourth-order valence-corrected chi connectivity index (χ4v) is 3.95. The molecule has 10 nitrogen and oxygen atoms in total. The lowest BCUT2D eigenvalue weighted by molar-refractivity contribution is 0.289. The number of hydrogen-bond donors (Lipinski definition) is 1. The highest BCUT2D eigenvalue weighted by Gasteiger charge is 2.11. The van der Waals surface area contributed by atoms with Gasteiger partial charge in [0.2, 0.25) is 11.0 Å². The second kappa shape index (κ2) is 11.3. The summed E-state index contributed by atoms with van der Waals surface area (Å²) in [6, 6.07) is 17.2. The molecule has 4 aromatic rings. The van der Waals surface area contributed by atoms with E-state index in [2.05, 4.69) is 25.6 Å². The predicted octanol–water partition coefficient (Wildman–Crippen LogP) is 3.20. The number of thioether (sulfide) groups is 1. The Kier molecular flexibility index (Phi) is 7.75. The van der Waals surface area contributed by atoms with Crippen LogP contribution >= 0.6 is 11.8 Å². The third-order valence-electron chi connectivity index (χ3n) is 4.86. The lowest BCUT2D eigenvalue weighted by Gasteiger charge is -2.07. The van der Waals surface area contributed by atoms with Crippen LogP contribution in [0.25, 0.3) is 11.4 Å². The van der Waals surface area contributed by atoms with Gasteiger partial charge in [0.1, 0.15) is 18.1 Å². The molecule has 11 heteroatoms. The van der Waals surface area contributed by atoms with E-state index in [-0.39, 0.29) is 6.61 Å². The van der Waals surface area contributed by atoms with Crippen molar-refractivity contribution < 1.29 is 9.47 Å². The Hall–Kier alpha value is -3.60. The zero-order chi connectivity index (χ0) is 22.9. The molecule has 0 unspecified atom stereocenters. The normalized spacial score (nSPS) is 10.9. The summed E-state index contributed by atoms with van der Waals surface area (Å²) in [7, 11) is 1.62. The van der Waals surface area contributed by atoms with Crippen LogP contribution in [0.15, 0.2) is 59.8 Å². The molecule has 0 saturated carbocycles. The van der Waals surface area contributed by atoms with E-state index < -0.39 is 0 Å². The number of rotatable bonds is 12. The highest BCUT2D eigenvalue weighted by Crippen LogP contribution is 2.21. The second-order valence-electron chi connectivity index (χ2n) is 7.22. The van der Waals surface area contributed by atoms with Crippen molar-refractivity contribution in [1.82, 2.24) is 35.1 Å². The Balaban J connectivity index is 1.15. The minimum atomic E-state index is 0.229. The van der Waals surface area contributed by atoms with Gasteiger partial charge in [-0.2, -0.15) is 4.80 Å². The van der Waals surface area contributed by atoms with Crippen LogP contribution in [0.2, 0.25) is 0 Å². The van der Waals surface area contributed by atoms with Crippen LogP contribution in [0, 0.1) is 0 Å². The highest BCUT2D eigenvalue weighted by atomic mass is 32.2. The third kappa shape index (κ3) is 6.22. The van der Waals surface area contributed by atoms with Gasteiger partial charge in [0.25, 0.3) is 0 Å².